The van der Waals surface area contributed by atoms with E-state index in [0.29, 0.717) is 0 Å². The molecule has 1 unspecified atom stereocenters. The Kier molecular flexibility index (Phi) is 8.55. The normalized spacial score (nSPS) is 22.4. The number of nitrogens with zero attached hydrogens (tertiary/aromatic N) is 3. The first-order valence-corrected chi connectivity index (χ1v) is 13.2. The third-order valence-corrected chi connectivity index (χ3v) is 8.01. The van der Waals surface area contributed by atoms with Crippen LogP contribution >= 0.6 is 12.4 Å². The molecule has 1 saturated carbocycles. The lowest BCUT2D eigenvalue weighted by Gasteiger charge is -2.48. The fourth-order valence-electron chi connectivity index (χ4n) is 6.36. The number of hydrogen-bond donors (Lipinski definition) is 0. The molecule has 34 heavy (non-hydrogen) atoms. The second kappa shape index (κ2) is 11.6. The zero-order chi connectivity index (χ0) is 22.6. The number of carbonyl (C=O) groups is 1. The van der Waals surface area contributed by atoms with Gasteiger partial charge in [-0.05, 0) is 49.7 Å². The number of piperidine rings is 1. The number of amides is 2. The summed E-state index contributed by atoms with van der Waals surface area (Å²) in [6.07, 6.45) is 10.2. The molecule has 5 heteroatoms. The molecule has 0 spiro atoms. The van der Waals surface area contributed by atoms with Gasteiger partial charge in [-0.1, -0.05) is 74.7 Å². The number of halogens is 1. The molecule has 2 aliphatic heterocycles. The Morgan fingerprint density at radius 2 is 1.53 bits per heavy atom. The smallest absolute Gasteiger partial charge is 0.310 e. The third-order valence-electron chi connectivity index (χ3n) is 8.01. The molecule has 0 aromatic heterocycles. The second-order valence-electron chi connectivity index (χ2n) is 10.2. The fraction of sp³-hybridized carbons (Fsp3) is 0.552. The minimum Gasteiger partial charge on any atom is -0.310 e. The average molecular weight is 482 g/mol. The number of benzene rings is 2. The lowest BCUT2D eigenvalue weighted by atomic mass is 9.87. The van der Waals surface area contributed by atoms with Crippen molar-refractivity contribution in [3.8, 4) is 0 Å². The Hall–Kier alpha value is -2.04. The van der Waals surface area contributed by atoms with E-state index in [1.165, 1.54) is 49.8 Å². The second-order valence-corrected chi connectivity index (χ2v) is 10.2. The van der Waals surface area contributed by atoms with Gasteiger partial charge < -0.3 is 9.80 Å². The molecule has 1 atom stereocenters. The number of carbonyl (C=O) groups excluding carboxylic acids is 1. The molecular formula is C29H40ClN3O. The Balaban J connectivity index is 0.00000274. The first-order chi connectivity index (χ1) is 16.3. The largest absolute Gasteiger partial charge is 0.325 e. The standard InChI is InChI=1S/C29H39N3O.ClH/c1-2-19-31-27-16-10-9-15-26(27)28(24-13-7-4-8-14-24)32(29(31)33)25-17-20-30(21-18-25)22-23-11-5-3-6-12-23;/h4,7-10,13-16,23,25,28H,2-3,5-6,11-12,17-22H2,1H3;1H. The van der Waals surface area contributed by atoms with Crippen LogP contribution in [0.3, 0.4) is 0 Å². The average Bonchev–Trinajstić information content (AvgIpc) is 2.87. The first kappa shape index (κ1) is 25.1. The summed E-state index contributed by atoms with van der Waals surface area (Å²) in [5, 5.41) is 0. The van der Waals surface area contributed by atoms with E-state index in [1.54, 1.807) is 0 Å². The van der Waals surface area contributed by atoms with Gasteiger partial charge in [0.05, 0.1) is 11.7 Å². The van der Waals surface area contributed by atoms with E-state index < -0.39 is 0 Å². The van der Waals surface area contributed by atoms with E-state index in [1.807, 2.05) is 4.90 Å². The molecule has 3 aliphatic rings. The van der Waals surface area contributed by atoms with Crippen molar-refractivity contribution >= 4 is 24.1 Å². The van der Waals surface area contributed by atoms with Crippen molar-refractivity contribution in [3.05, 3.63) is 65.7 Å². The van der Waals surface area contributed by atoms with E-state index in [4.69, 9.17) is 0 Å². The highest BCUT2D eigenvalue weighted by Crippen LogP contribution is 2.43. The zero-order valence-corrected chi connectivity index (χ0v) is 21.4. The molecule has 5 rings (SSSR count). The van der Waals surface area contributed by atoms with E-state index >= 15 is 0 Å². The van der Waals surface area contributed by atoms with Crippen LogP contribution in [0.1, 0.15) is 75.5 Å². The van der Waals surface area contributed by atoms with Crippen molar-refractivity contribution in [3.63, 3.8) is 0 Å². The van der Waals surface area contributed by atoms with Crippen LogP contribution in [0.15, 0.2) is 54.6 Å². The molecule has 0 bridgehead atoms. The Morgan fingerprint density at radius 3 is 2.24 bits per heavy atom. The Morgan fingerprint density at radius 1 is 0.853 bits per heavy atom. The van der Waals surface area contributed by atoms with Crippen LogP contribution in [0.4, 0.5) is 10.5 Å². The molecule has 2 heterocycles. The summed E-state index contributed by atoms with van der Waals surface area (Å²) >= 11 is 0. The van der Waals surface area contributed by atoms with Gasteiger partial charge in [0.25, 0.3) is 0 Å². The van der Waals surface area contributed by atoms with Gasteiger partial charge in [-0.15, -0.1) is 12.4 Å². The van der Waals surface area contributed by atoms with Crippen molar-refractivity contribution in [2.45, 2.75) is 70.4 Å². The molecule has 184 valence electrons. The van der Waals surface area contributed by atoms with Gasteiger partial charge in [-0.25, -0.2) is 4.79 Å². The van der Waals surface area contributed by atoms with Gasteiger partial charge in [0.1, 0.15) is 0 Å². The van der Waals surface area contributed by atoms with Crippen molar-refractivity contribution in [1.29, 1.82) is 0 Å². The topological polar surface area (TPSA) is 26.8 Å². The monoisotopic (exact) mass is 481 g/mol. The molecule has 1 aliphatic carbocycles. The maximum absolute atomic E-state index is 14.0. The number of urea groups is 1. The highest BCUT2D eigenvalue weighted by molar-refractivity contribution is 5.96. The summed E-state index contributed by atoms with van der Waals surface area (Å²) in [6, 6.07) is 19.7. The summed E-state index contributed by atoms with van der Waals surface area (Å²) in [5.41, 5.74) is 3.57. The number of anilines is 1. The summed E-state index contributed by atoms with van der Waals surface area (Å²) < 4.78 is 0. The number of likely N-dealkylation sites (tertiary alicyclic amines) is 1. The van der Waals surface area contributed by atoms with E-state index in [0.717, 1.165) is 50.5 Å². The van der Waals surface area contributed by atoms with Crippen molar-refractivity contribution in [1.82, 2.24) is 9.80 Å². The fourth-order valence-corrected chi connectivity index (χ4v) is 6.36. The zero-order valence-electron chi connectivity index (χ0n) is 20.6. The predicted molar refractivity (Wildman–Crippen MR) is 143 cm³/mol. The van der Waals surface area contributed by atoms with Gasteiger partial charge in [-0.2, -0.15) is 0 Å². The van der Waals surface area contributed by atoms with Gasteiger partial charge in [-0.3, -0.25) is 4.90 Å². The van der Waals surface area contributed by atoms with Crippen LogP contribution in [-0.4, -0.2) is 48.1 Å². The molecular weight excluding hydrogens is 442 g/mol. The van der Waals surface area contributed by atoms with E-state index in [9.17, 15) is 4.79 Å². The van der Waals surface area contributed by atoms with Gasteiger partial charge in [0.15, 0.2) is 0 Å². The lowest BCUT2D eigenvalue weighted by Crippen LogP contribution is -2.56. The summed E-state index contributed by atoms with van der Waals surface area (Å²) in [5.74, 6) is 0.885. The lowest BCUT2D eigenvalue weighted by molar-refractivity contribution is 0.0927. The molecule has 2 fully saturated rings. The summed E-state index contributed by atoms with van der Waals surface area (Å²) in [4.78, 5) is 20.9. The number of fused-ring (bicyclic) bond motifs is 1. The van der Waals surface area contributed by atoms with Gasteiger partial charge in [0, 0.05) is 37.8 Å². The van der Waals surface area contributed by atoms with Crippen LogP contribution in [0.25, 0.3) is 0 Å². The molecule has 4 nitrogen and oxygen atoms in total. The van der Waals surface area contributed by atoms with E-state index in [2.05, 4.69) is 71.3 Å². The Bertz CT molecular complexity index is 922. The van der Waals surface area contributed by atoms with E-state index in [-0.39, 0.29) is 30.5 Å². The van der Waals surface area contributed by atoms with Gasteiger partial charge in [0.2, 0.25) is 0 Å². The van der Waals surface area contributed by atoms with Crippen LogP contribution in [0, 0.1) is 5.92 Å². The van der Waals surface area contributed by atoms with Gasteiger partial charge >= 0.3 is 6.03 Å². The minimum absolute atomic E-state index is 0. The number of para-hydroxylation sites is 1. The first-order valence-electron chi connectivity index (χ1n) is 13.2. The maximum Gasteiger partial charge on any atom is 0.325 e. The molecule has 2 amide bonds. The quantitative estimate of drug-likeness (QED) is 0.448. The van der Waals surface area contributed by atoms with Crippen molar-refractivity contribution in [2.24, 2.45) is 5.92 Å². The minimum atomic E-state index is -0.00194. The maximum atomic E-state index is 14.0. The summed E-state index contributed by atoms with van der Waals surface area (Å²) in [7, 11) is 0. The highest BCUT2D eigenvalue weighted by atomic mass is 35.5. The number of rotatable bonds is 6. The van der Waals surface area contributed by atoms with Crippen molar-refractivity contribution < 1.29 is 4.79 Å². The van der Waals surface area contributed by atoms with Crippen LogP contribution in [0.5, 0.6) is 0 Å². The molecule has 1 saturated heterocycles. The third kappa shape index (κ3) is 5.13. The molecule has 0 radical (unpaired) electrons. The number of hydrogen-bond acceptors (Lipinski definition) is 2. The molecule has 0 N–H and O–H groups in total. The van der Waals surface area contributed by atoms with Crippen molar-refractivity contribution in [2.75, 3.05) is 31.1 Å². The van der Waals surface area contributed by atoms with Crippen LogP contribution < -0.4 is 4.90 Å². The molecule has 2 aromatic rings. The summed E-state index contributed by atoms with van der Waals surface area (Å²) in [6.45, 7) is 6.42. The SMILES string of the molecule is CCCN1C(=O)N(C2CCN(CC3CCCCC3)CC2)C(c2ccccc2)c2ccccc21.Cl. The Labute approximate surface area is 211 Å². The molecule has 2 aromatic carbocycles. The predicted octanol–water partition coefficient (Wildman–Crippen LogP) is 6.89. The van der Waals surface area contributed by atoms with Crippen LogP contribution in [0.2, 0.25) is 0 Å². The van der Waals surface area contributed by atoms with Crippen LogP contribution in [-0.2, 0) is 0 Å². The highest BCUT2D eigenvalue weighted by Gasteiger charge is 2.42.